The lowest BCUT2D eigenvalue weighted by molar-refractivity contribution is -0.145. The molecule has 0 aliphatic carbocycles. The van der Waals surface area contributed by atoms with Crippen LogP contribution in [-0.2, 0) is 39.0 Å². The minimum absolute atomic E-state index is 0.0447. The Labute approximate surface area is 177 Å². The second-order valence-corrected chi connectivity index (χ2v) is 9.91. The molecular formula is C21H29N3O5S. The molecule has 8 nitrogen and oxygen atoms in total. The van der Waals surface area contributed by atoms with Crippen LogP contribution in [0.15, 0.2) is 33.7 Å². The first-order chi connectivity index (χ1) is 14.3. The summed E-state index contributed by atoms with van der Waals surface area (Å²) in [6.45, 7) is 5.23. The highest BCUT2D eigenvalue weighted by atomic mass is 32.2. The Balaban J connectivity index is 1.46. The number of carbonyl (C=O) groups excluding carboxylic acids is 1. The monoisotopic (exact) mass is 435 g/mol. The number of aromatic nitrogens is 2. The zero-order valence-electron chi connectivity index (χ0n) is 17.5. The molecule has 9 heteroatoms. The van der Waals surface area contributed by atoms with Gasteiger partial charge in [-0.1, -0.05) is 37.6 Å². The summed E-state index contributed by atoms with van der Waals surface area (Å²) < 4.78 is 37.2. The molecule has 0 N–H and O–H groups in total. The van der Waals surface area contributed by atoms with Gasteiger partial charge in [0.2, 0.25) is 10.0 Å². The average molecular weight is 436 g/mol. The number of esters is 1. The van der Waals surface area contributed by atoms with Crippen molar-refractivity contribution in [2.45, 2.75) is 63.9 Å². The summed E-state index contributed by atoms with van der Waals surface area (Å²) in [5, 5.41) is 3.86. The molecule has 1 aliphatic heterocycles. The van der Waals surface area contributed by atoms with Crippen LogP contribution in [0.25, 0.3) is 0 Å². The number of carbonyl (C=O) groups is 1. The third kappa shape index (κ3) is 6.12. The number of aryl methyl sites for hydroxylation is 1. The molecule has 1 saturated heterocycles. The van der Waals surface area contributed by atoms with Crippen molar-refractivity contribution in [1.29, 1.82) is 0 Å². The van der Waals surface area contributed by atoms with Gasteiger partial charge >= 0.3 is 5.97 Å². The minimum atomic E-state index is -3.44. The summed E-state index contributed by atoms with van der Waals surface area (Å²) >= 11 is 0. The Morgan fingerprint density at radius 1 is 1.17 bits per heavy atom. The van der Waals surface area contributed by atoms with E-state index in [4.69, 9.17) is 9.26 Å². The molecule has 30 heavy (non-hydrogen) atoms. The molecule has 1 aromatic carbocycles. The number of benzene rings is 1. The lowest BCUT2D eigenvalue weighted by Crippen LogP contribution is -2.35. The summed E-state index contributed by atoms with van der Waals surface area (Å²) in [6, 6.07) is 6.72. The van der Waals surface area contributed by atoms with E-state index in [1.807, 2.05) is 0 Å². The maximum atomic E-state index is 12.7. The van der Waals surface area contributed by atoms with Crippen molar-refractivity contribution in [3.8, 4) is 0 Å². The van der Waals surface area contributed by atoms with E-state index < -0.39 is 10.0 Å². The number of ether oxygens (including phenoxy) is 1. The first kappa shape index (κ1) is 22.4. The van der Waals surface area contributed by atoms with Crippen LogP contribution >= 0.6 is 0 Å². The molecule has 2 heterocycles. The van der Waals surface area contributed by atoms with E-state index in [1.165, 1.54) is 0 Å². The predicted octanol–water partition coefficient (Wildman–Crippen LogP) is 3.12. The van der Waals surface area contributed by atoms with Gasteiger partial charge in [-0.2, -0.15) is 9.29 Å². The largest absolute Gasteiger partial charge is 0.456 e. The second-order valence-electron chi connectivity index (χ2n) is 7.97. The number of rotatable bonds is 9. The molecule has 0 spiro atoms. The first-order valence-electron chi connectivity index (χ1n) is 10.4. The third-order valence-electron chi connectivity index (χ3n) is 4.95. The zero-order valence-corrected chi connectivity index (χ0v) is 18.4. The smallest absolute Gasteiger partial charge is 0.306 e. The van der Waals surface area contributed by atoms with Crippen LogP contribution in [0.2, 0.25) is 0 Å². The molecule has 0 amide bonds. The topological polar surface area (TPSA) is 103 Å². The standard InChI is InChI=1S/C21H29N3O5S/c1-16(2)14-19-22-20(29-23-19)15-28-21(25)11-8-17-6-9-18(10-7-17)30(26,27)24-12-4-3-5-13-24/h6-7,9-10,16H,3-5,8,11-15H2,1-2H3. The fourth-order valence-corrected chi connectivity index (χ4v) is 4.86. The van der Waals surface area contributed by atoms with Crippen molar-refractivity contribution < 1.29 is 22.5 Å². The van der Waals surface area contributed by atoms with Gasteiger partial charge < -0.3 is 9.26 Å². The molecule has 0 atom stereocenters. The molecule has 2 aromatic rings. The van der Waals surface area contributed by atoms with Gasteiger partial charge in [0.1, 0.15) is 0 Å². The van der Waals surface area contributed by atoms with E-state index in [0.29, 0.717) is 42.6 Å². The minimum Gasteiger partial charge on any atom is -0.456 e. The van der Waals surface area contributed by atoms with Gasteiger partial charge in [0.25, 0.3) is 5.89 Å². The van der Waals surface area contributed by atoms with E-state index >= 15 is 0 Å². The van der Waals surface area contributed by atoms with Crippen LogP contribution in [0.5, 0.6) is 0 Å². The van der Waals surface area contributed by atoms with Gasteiger partial charge in [-0.05, 0) is 42.9 Å². The van der Waals surface area contributed by atoms with Gasteiger partial charge in [-0.25, -0.2) is 8.42 Å². The Hall–Kier alpha value is -2.26. The van der Waals surface area contributed by atoms with E-state index in [-0.39, 0.29) is 24.9 Å². The van der Waals surface area contributed by atoms with Crippen molar-refractivity contribution in [2.75, 3.05) is 13.1 Å². The predicted molar refractivity (Wildman–Crippen MR) is 110 cm³/mol. The third-order valence-corrected chi connectivity index (χ3v) is 6.86. The summed E-state index contributed by atoms with van der Waals surface area (Å²) in [7, 11) is -3.44. The Morgan fingerprint density at radius 3 is 2.53 bits per heavy atom. The summed E-state index contributed by atoms with van der Waals surface area (Å²) in [6.07, 6.45) is 4.24. The summed E-state index contributed by atoms with van der Waals surface area (Å²) in [4.78, 5) is 16.5. The highest BCUT2D eigenvalue weighted by molar-refractivity contribution is 7.89. The van der Waals surface area contributed by atoms with Crippen LogP contribution in [0.4, 0.5) is 0 Å². The Bertz CT molecular complexity index is 932. The van der Waals surface area contributed by atoms with Crippen LogP contribution in [0.1, 0.15) is 56.8 Å². The lowest BCUT2D eigenvalue weighted by Gasteiger charge is -2.25. The SMILES string of the molecule is CC(C)Cc1noc(COC(=O)CCc2ccc(S(=O)(=O)N3CCCCC3)cc2)n1. The lowest BCUT2D eigenvalue weighted by atomic mass is 10.1. The fourth-order valence-electron chi connectivity index (χ4n) is 3.34. The summed E-state index contributed by atoms with van der Waals surface area (Å²) in [5.74, 6) is 0.935. The van der Waals surface area contributed by atoms with Crippen molar-refractivity contribution in [1.82, 2.24) is 14.4 Å². The highest BCUT2D eigenvalue weighted by Gasteiger charge is 2.25. The van der Waals surface area contributed by atoms with Gasteiger partial charge in [0.05, 0.1) is 4.90 Å². The second kappa shape index (κ2) is 10.2. The number of sulfonamides is 1. The molecule has 0 bridgehead atoms. The molecule has 164 valence electrons. The quantitative estimate of drug-likeness (QED) is 0.558. The number of piperidine rings is 1. The maximum absolute atomic E-state index is 12.7. The van der Waals surface area contributed by atoms with Crippen molar-refractivity contribution in [2.24, 2.45) is 5.92 Å². The normalized spacial score (nSPS) is 15.4. The summed E-state index contributed by atoms with van der Waals surface area (Å²) in [5.41, 5.74) is 0.876. The molecule has 1 aromatic heterocycles. The van der Waals surface area contributed by atoms with E-state index in [2.05, 4.69) is 24.0 Å². The number of nitrogens with zero attached hydrogens (tertiary/aromatic N) is 3. The Morgan fingerprint density at radius 2 is 1.87 bits per heavy atom. The van der Waals surface area contributed by atoms with E-state index in [0.717, 1.165) is 24.8 Å². The van der Waals surface area contributed by atoms with Crippen LogP contribution in [-0.4, -0.2) is 41.9 Å². The Kier molecular flexibility index (Phi) is 7.60. The molecule has 1 fully saturated rings. The van der Waals surface area contributed by atoms with Gasteiger partial charge in [-0.3, -0.25) is 4.79 Å². The molecule has 0 radical (unpaired) electrons. The van der Waals surface area contributed by atoms with Crippen molar-refractivity contribution >= 4 is 16.0 Å². The van der Waals surface area contributed by atoms with Crippen molar-refractivity contribution in [3.63, 3.8) is 0 Å². The van der Waals surface area contributed by atoms with E-state index in [9.17, 15) is 13.2 Å². The van der Waals surface area contributed by atoms with Crippen molar-refractivity contribution in [3.05, 3.63) is 41.5 Å². The fraction of sp³-hybridized carbons (Fsp3) is 0.571. The first-order valence-corrected chi connectivity index (χ1v) is 11.8. The zero-order chi connectivity index (χ0) is 21.6. The molecule has 3 rings (SSSR count). The molecule has 1 aliphatic rings. The van der Waals surface area contributed by atoms with Gasteiger partial charge in [0.15, 0.2) is 12.4 Å². The average Bonchev–Trinajstić information content (AvgIpc) is 3.18. The van der Waals surface area contributed by atoms with Gasteiger partial charge in [-0.15, -0.1) is 0 Å². The molecule has 0 unspecified atom stereocenters. The van der Waals surface area contributed by atoms with E-state index in [1.54, 1.807) is 28.6 Å². The number of hydrogen-bond donors (Lipinski definition) is 0. The molecular weight excluding hydrogens is 406 g/mol. The maximum Gasteiger partial charge on any atom is 0.306 e. The van der Waals surface area contributed by atoms with Gasteiger partial charge in [0, 0.05) is 25.9 Å². The highest BCUT2D eigenvalue weighted by Crippen LogP contribution is 2.21. The molecule has 0 saturated carbocycles. The van der Waals surface area contributed by atoms with Crippen LogP contribution < -0.4 is 0 Å². The van der Waals surface area contributed by atoms with Crippen LogP contribution in [0, 0.1) is 5.92 Å². The van der Waals surface area contributed by atoms with Crippen LogP contribution in [0.3, 0.4) is 0 Å². The number of hydrogen-bond acceptors (Lipinski definition) is 7.